The van der Waals surface area contributed by atoms with Crippen molar-refractivity contribution in [3.63, 3.8) is 0 Å². The topological polar surface area (TPSA) is 44.9 Å². The van der Waals surface area contributed by atoms with E-state index in [-0.39, 0.29) is 0 Å². The van der Waals surface area contributed by atoms with E-state index in [0.717, 1.165) is 24.4 Å². The van der Waals surface area contributed by atoms with E-state index in [1.165, 1.54) is 11.2 Å². The molecule has 108 valence electrons. The maximum absolute atomic E-state index is 8.86. The molecule has 4 nitrogen and oxygen atoms in total. The van der Waals surface area contributed by atoms with E-state index in [4.69, 9.17) is 5.26 Å². The minimum Gasteiger partial charge on any atom is -0.367 e. The Kier molecular flexibility index (Phi) is 2.87. The van der Waals surface area contributed by atoms with E-state index in [9.17, 15) is 0 Å². The molecule has 0 spiro atoms. The standard InChI is InChI=1S/C18H16N4/c1-13-20-17-4-2-3-5-18(17)22(13)16-11-21(12-16)15-8-6-14(10-19)7-9-15/h2-9,16H,11-12H2,1H3. The lowest BCUT2D eigenvalue weighted by atomic mass is 10.1. The summed E-state index contributed by atoms with van der Waals surface area (Å²) in [5.74, 6) is 1.07. The highest BCUT2D eigenvalue weighted by atomic mass is 15.3. The average Bonchev–Trinajstić information content (AvgIpc) is 2.83. The number of benzene rings is 2. The van der Waals surface area contributed by atoms with Crippen LogP contribution in [0.25, 0.3) is 11.0 Å². The predicted octanol–water partition coefficient (Wildman–Crippen LogP) is 3.28. The molecule has 0 N–H and O–H groups in total. The highest BCUT2D eigenvalue weighted by Crippen LogP contribution is 2.31. The molecule has 0 bridgehead atoms. The van der Waals surface area contributed by atoms with E-state index >= 15 is 0 Å². The summed E-state index contributed by atoms with van der Waals surface area (Å²) in [7, 11) is 0. The summed E-state index contributed by atoms with van der Waals surface area (Å²) in [5, 5.41) is 8.86. The van der Waals surface area contributed by atoms with Gasteiger partial charge in [0.15, 0.2) is 0 Å². The van der Waals surface area contributed by atoms with Crippen LogP contribution in [0.2, 0.25) is 0 Å². The molecule has 3 aromatic rings. The van der Waals surface area contributed by atoms with Crippen LogP contribution in [-0.2, 0) is 0 Å². The minimum absolute atomic E-state index is 0.461. The Labute approximate surface area is 129 Å². The summed E-state index contributed by atoms with van der Waals surface area (Å²) in [6, 6.07) is 18.7. The van der Waals surface area contributed by atoms with Gasteiger partial charge in [0, 0.05) is 18.8 Å². The van der Waals surface area contributed by atoms with Crippen molar-refractivity contribution in [2.24, 2.45) is 0 Å². The fourth-order valence-corrected chi connectivity index (χ4v) is 3.20. The minimum atomic E-state index is 0.461. The smallest absolute Gasteiger partial charge is 0.107 e. The number of para-hydroxylation sites is 2. The van der Waals surface area contributed by atoms with Gasteiger partial charge >= 0.3 is 0 Å². The van der Waals surface area contributed by atoms with Crippen molar-refractivity contribution in [2.75, 3.05) is 18.0 Å². The second kappa shape index (κ2) is 4.88. The van der Waals surface area contributed by atoms with Crippen molar-refractivity contribution in [3.05, 3.63) is 59.9 Å². The number of rotatable bonds is 2. The van der Waals surface area contributed by atoms with Gasteiger partial charge in [-0.2, -0.15) is 5.26 Å². The Morgan fingerprint density at radius 2 is 1.82 bits per heavy atom. The summed E-state index contributed by atoms with van der Waals surface area (Å²) >= 11 is 0. The molecule has 4 heteroatoms. The van der Waals surface area contributed by atoms with Crippen LogP contribution in [0.5, 0.6) is 0 Å². The molecule has 0 atom stereocenters. The summed E-state index contributed by atoms with van der Waals surface area (Å²) in [6.07, 6.45) is 0. The number of aryl methyl sites for hydroxylation is 1. The SMILES string of the molecule is Cc1nc2ccccc2n1C1CN(c2ccc(C#N)cc2)C1. The Morgan fingerprint density at radius 3 is 2.55 bits per heavy atom. The van der Waals surface area contributed by atoms with Gasteiger partial charge in [-0.15, -0.1) is 0 Å². The average molecular weight is 288 g/mol. The molecule has 0 unspecified atom stereocenters. The third-order valence-corrected chi connectivity index (χ3v) is 4.36. The monoisotopic (exact) mass is 288 g/mol. The van der Waals surface area contributed by atoms with Gasteiger partial charge in [-0.25, -0.2) is 4.98 Å². The Balaban J connectivity index is 1.57. The lowest BCUT2D eigenvalue weighted by Crippen LogP contribution is -2.48. The first-order chi connectivity index (χ1) is 10.8. The van der Waals surface area contributed by atoms with Crippen molar-refractivity contribution < 1.29 is 0 Å². The van der Waals surface area contributed by atoms with Crippen LogP contribution in [-0.4, -0.2) is 22.6 Å². The zero-order valence-electron chi connectivity index (χ0n) is 12.4. The van der Waals surface area contributed by atoms with Gasteiger partial charge in [0.1, 0.15) is 5.82 Å². The molecule has 22 heavy (non-hydrogen) atoms. The fraction of sp³-hybridized carbons (Fsp3) is 0.222. The second-order valence-electron chi connectivity index (χ2n) is 5.74. The van der Waals surface area contributed by atoms with E-state index in [2.05, 4.69) is 45.6 Å². The van der Waals surface area contributed by atoms with Crippen LogP contribution in [0.3, 0.4) is 0 Å². The molecule has 1 saturated heterocycles. The van der Waals surface area contributed by atoms with Crippen molar-refractivity contribution in [3.8, 4) is 6.07 Å². The summed E-state index contributed by atoms with van der Waals surface area (Å²) in [5.41, 5.74) is 4.16. The summed E-state index contributed by atoms with van der Waals surface area (Å²) in [6.45, 7) is 4.03. The van der Waals surface area contributed by atoms with Crippen LogP contribution in [0.15, 0.2) is 48.5 Å². The van der Waals surface area contributed by atoms with Crippen molar-refractivity contribution >= 4 is 16.7 Å². The number of anilines is 1. The van der Waals surface area contributed by atoms with E-state index in [0.29, 0.717) is 11.6 Å². The molecule has 4 rings (SSSR count). The predicted molar refractivity (Wildman–Crippen MR) is 86.9 cm³/mol. The molecule has 2 heterocycles. The fourth-order valence-electron chi connectivity index (χ4n) is 3.20. The van der Waals surface area contributed by atoms with Crippen molar-refractivity contribution in [1.29, 1.82) is 5.26 Å². The molecule has 0 aliphatic carbocycles. The maximum atomic E-state index is 8.86. The molecular weight excluding hydrogens is 272 g/mol. The second-order valence-corrected chi connectivity index (χ2v) is 5.74. The lowest BCUT2D eigenvalue weighted by molar-refractivity contribution is 0.402. The van der Waals surface area contributed by atoms with Gasteiger partial charge < -0.3 is 9.47 Å². The summed E-state index contributed by atoms with van der Waals surface area (Å²) < 4.78 is 2.34. The van der Waals surface area contributed by atoms with Gasteiger partial charge in [0.05, 0.1) is 28.7 Å². The zero-order chi connectivity index (χ0) is 15.1. The van der Waals surface area contributed by atoms with Gasteiger partial charge in [0.25, 0.3) is 0 Å². The number of nitrogens with zero attached hydrogens (tertiary/aromatic N) is 4. The van der Waals surface area contributed by atoms with Gasteiger partial charge in [-0.05, 0) is 43.3 Å². The third kappa shape index (κ3) is 1.94. The highest BCUT2D eigenvalue weighted by molar-refractivity contribution is 5.76. The first kappa shape index (κ1) is 12.9. The van der Waals surface area contributed by atoms with Crippen molar-refractivity contribution in [2.45, 2.75) is 13.0 Å². The number of imidazole rings is 1. The number of hydrogen-bond donors (Lipinski definition) is 0. The largest absolute Gasteiger partial charge is 0.367 e. The normalized spacial score (nSPS) is 14.8. The Bertz CT molecular complexity index is 864. The van der Waals surface area contributed by atoms with Crippen LogP contribution < -0.4 is 4.90 Å². The quantitative estimate of drug-likeness (QED) is 0.727. The van der Waals surface area contributed by atoms with Crippen LogP contribution in [0.4, 0.5) is 5.69 Å². The van der Waals surface area contributed by atoms with Crippen LogP contribution >= 0.6 is 0 Å². The molecule has 0 saturated carbocycles. The van der Waals surface area contributed by atoms with Crippen molar-refractivity contribution in [1.82, 2.24) is 9.55 Å². The zero-order valence-corrected chi connectivity index (χ0v) is 12.4. The van der Waals surface area contributed by atoms with E-state index < -0.39 is 0 Å². The molecule has 1 aromatic heterocycles. The molecular formula is C18H16N4. The third-order valence-electron chi connectivity index (χ3n) is 4.36. The van der Waals surface area contributed by atoms with E-state index in [1.807, 2.05) is 30.3 Å². The van der Waals surface area contributed by atoms with Crippen LogP contribution in [0, 0.1) is 18.3 Å². The molecule has 2 aromatic carbocycles. The number of aromatic nitrogens is 2. The number of fused-ring (bicyclic) bond motifs is 1. The molecule has 1 fully saturated rings. The Hall–Kier alpha value is -2.80. The van der Waals surface area contributed by atoms with Gasteiger partial charge in [-0.1, -0.05) is 12.1 Å². The summed E-state index contributed by atoms with van der Waals surface area (Å²) in [4.78, 5) is 6.98. The molecule has 0 radical (unpaired) electrons. The molecule has 1 aliphatic heterocycles. The van der Waals surface area contributed by atoms with Gasteiger partial charge in [-0.3, -0.25) is 0 Å². The molecule has 1 aliphatic rings. The lowest BCUT2D eigenvalue weighted by Gasteiger charge is -2.42. The molecule has 0 amide bonds. The Morgan fingerprint density at radius 1 is 1.09 bits per heavy atom. The first-order valence-corrected chi connectivity index (χ1v) is 7.45. The van der Waals surface area contributed by atoms with Crippen LogP contribution in [0.1, 0.15) is 17.4 Å². The maximum Gasteiger partial charge on any atom is 0.107 e. The first-order valence-electron chi connectivity index (χ1n) is 7.45. The number of hydrogen-bond acceptors (Lipinski definition) is 3. The number of nitriles is 1. The van der Waals surface area contributed by atoms with E-state index in [1.54, 1.807) is 0 Å². The van der Waals surface area contributed by atoms with Gasteiger partial charge in [0.2, 0.25) is 0 Å². The highest BCUT2D eigenvalue weighted by Gasteiger charge is 2.30.